The molecule has 124 valence electrons. The summed E-state index contributed by atoms with van der Waals surface area (Å²) in [6.07, 6.45) is 2.90. The maximum absolute atomic E-state index is 8.00. The Hall–Kier alpha value is -2.35. The number of carbonyl (C=O) groups is 1. The summed E-state index contributed by atoms with van der Waals surface area (Å²) in [5.74, 6) is 1.56. The largest absolute Gasteiger partial charge is 0.493 e. The minimum Gasteiger partial charge on any atom is -0.493 e. The molecule has 2 aromatic rings. The van der Waals surface area contributed by atoms with Crippen LogP contribution in [0.1, 0.15) is 27.2 Å². The van der Waals surface area contributed by atoms with Gasteiger partial charge in [-0.1, -0.05) is 68.8 Å². The molecule has 2 aromatic carbocycles. The highest BCUT2D eigenvalue weighted by molar-refractivity contribution is 5.63. The lowest BCUT2D eigenvalue weighted by atomic mass is 10.1. The third-order valence-electron chi connectivity index (χ3n) is 3.19. The third kappa shape index (κ3) is 8.62. The molecule has 0 radical (unpaired) electrons. The minimum absolute atomic E-state index is 0.610. The molecular formula is C21H28O2. The van der Waals surface area contributed by atoms with Gasteiger partial charge in [0.1, 0.15) is 12.5 Å². The fourth-order valence-corrected chi connectivity index (χ4v) is 1.73. The highest BCUT2D eigenvalue weighted by atomic mass is 16.5. The van der Waals surface area contributed by atoms with Crippen molar-refractivity contribution in [1.82, 2.24) is 0 Å². The topological polar surface area (TPSA) is 26.3 Å². The van der Waals surface area contributed by atoms with Crippen molar-refractivity contribution in [3.05, 3.63) is 67.3 Å². The molecule has 0 aliphatic heterocycles. The summed E-state index contributed by atoms with van der Waals surface area (Å²) >= 11 is 0. The Morgan fingerprint density at radius 1 is 1.00 bits per heavy atom. The fourth-order valence-electron chi connectivity index (χ4n) is 1.73. The summed E-state index contributed by atoms with van der Waals surface area (Å²) in [6, 6.07) is 18.7. The molecule has 1 atom stereocenters. The van der Waals surface area contributed by atoms with Crippen LogP contribution in [0.5, 0.6) is 5.75 Å². The molecule has 0 N–H and O–H groups in total. The zero-order valence-electron chi connectivity index (χ0n) is 14.5. The number of allylic oxidation sites excluding steroid dienone is 1. The van der Waals surface area contributed by atoms with Crippen LogP contribution >= 0.6 is 0 Å². The van der Waals surface area contributed by atoms with E-state index in [0.717, 1.165) is 18.8 Å². The normalized spacial score (nSPS) is 10.2. The van der Waals surface area contributed by atoms with E-state index in [1.807, 2.05) is 31.9 Å². The van der Waals surface area contributed by atoms with Crippen LogP contribution in [-0.4, -0.2) is 13.4 Å². The molecule has 0 aromatic heterocycles. The number of benzene rings is 2. The van der Waals surface area contributed by atoms with Gasteiger partial charge < -0.3 is 9.53 Å². The number of hydrogen-bond donors (Lipinski definition) is 0. The van der Waals surface area contributed by atoms with Gasteiger partial charge in [-0.25, -0.2) is 0 Å². The van der Waals surface area contributed by atoms with E-state index >= 15 is 0 Å². The predicted molar refractivity (Wildman–Crippen MR) is 99.8 cm³/mol. The highest BCUT2D eigenvalue weighted by Gasteiger charge is 2.01. The van der Waals surface area contributed by atoms with E-state index in [1.165, 1.54) is 11.1 Å². The Morgan fingerprint density at radius 3 is 1.96 bits per heavy atom. The summed E-state index contributed by atoms with van der Waals surface area (Å²) in [5, 5.41) is 0. The van der Waals surface area contributed by atoms with Crippen LogP contribution in [0, 0.1) is 5.92 Å². The highest BCUT2D eigenvalue weighted by Crippen LogP contribution is 2.22. The molecule has 0 bridgehead atoms. The third-order valence-corrected chi connectivity index (χ3v) is 3.19. The first-order valence-corrected chi connectivity index (χ1v) is 7.85. The van der Waals surface area contributed by atoms with Crippen molar-refractivity contribution < 1.29 is 9.53 Å². The molecule has 2 heteroatoms. The number of hydrogen-bond acceptors (Lipinski definition) is 2. The Morgan fingerprint density at radius 2 is 1.48 bits per heavy atom. The Balaban J connectivity index is 0.000000868. The average molecular weight is 312 g/mol. The van der Waals surface area contributed by atoms with Crippen molar-refractivity contribution in [2.24, 2.45) is 5.92 Å². The molecule has 2 nitrogen and oxygen atoms in total. The van der Waals surface area contributed by atoms with E-state index in [-0.39, 0.29) is 0 Å². The van der Waals surface area contributed by atoms with Gasteiger partial charge in [0.15, 0.2) is 0 Å². The van der Waals surface area contributed by atoms with Crippen molar-refractivity contribution in [3.8, 4) is 16.9 Å². The summed E-state index contributed by atoms with van der Waals surface area (Å²) in [4.78, 5) is 8.00. The fraction of sp³-hybridized carbons (Fsp3) is 0.286. The van der Waals surface area contributed by atoms with Gasteiger partial charge in [-0.15, -0.1) is 6.58 Å². The Labute approximate surface area is 140 Å². The van der Waals surface area contributed by atoms with Crippen molar-refractivity contribution >= 4 is 6.79 Å². The SMILES string of the molecule is C=CC.C=O.CCC(C)COc1ccc(-c2ccccc2)cc1. The first-order chi connectivity index (χ1) is 11.2. The van der Waals surface area contributed by atoms with E-state index < -0.39 is 0 Å². The zero-order chi connectivity index (χ0) is 17.5. The number of carbonyl (C=O) groups excluding carboxylic acids is 1. The van der Waals surface area contributed by atoms with Gasteiger partial charge in [-0.3, -0.25) is 0 Å². The maximum Gasteiger partial charge on any atom is 0.119 e. The number of ether oxygens (including phenoxy) is 1. The molecule has 0 spiro atoms. The summed E-state index contributed by atoms with van der Waals surface area (Å²) in [7, 11) is 0. The van der Waals surface area contributed by atoms with Crippen LogP contribution in [-0.2, 0) is 4.79 Å². The molecule has 1 unspecified atom stereocenters. The molecule has 0 aliphatic rings. The maximum atomic E-state index is 8.00. The zero-order valence-corrected chi connectivity index (χ0v) is 14.5. The quantitative estimate of drug-likeness (QED) is 0.653. The van der Waals surface area contributed by atoms with Crippen molar-refractivity contribution in [1.29, 1.82) is 0 Å². The van der Waals surface area contributed by atoms with E-state index in [4.69, 9.17) is 9.53 Å². The van der Waals surface area contributed by atoms with Gasteiger partial charge in [0, 0.05) is 0 Å². The van der Waals surface area contributed by atoms with Crippen LogP contribution < -0.4 is 4.74 Å². The molecule has 23 heavy (non-hydrogen) atoms. The minimum atomic E-state index is 0.610. The summed E-state index contributed by atoms with van der Waals surface area (Å²) in [5.41, 5.74) is 2.47. The van der Waals surface area contributed by atoms with Crippen LogP contribution in [0.4, 0.5) is 0 Å². The average Bonchev–Trinajstić information content (AvgIpc) is 2.63. The molecular weight excluding hydrogens is 284 g/mol. The van der Waals surface area contributed by atoms with Gasteiger partial charge in [0.2, 0.25) is 0 Å². The Kier molecular flexibility index (Phi) is 12.0. The second-order valence-electron chi connectivity index (χ2n) is 5.12. The lowest BCUT2D eigenvalue weighted by Gasteiger charge is -2.11. The number of rotatable bonds is 5. The predicted octanol–water partition coefficient (Wildman–Crippen LogP) is 5.79. The van der Waals surface area contributed by atoms with Gasteiger partial charge in [0.05, 0.1) is 6.61 Å². The monoisotopic (exact) mass is 312 g/mol. The molecule has 0 fully saturated rings. The Bertz CT molecular complexity index is 517. The molecule has 0 aliphatic carbocycles. The molecule has 0 heterocycles. The lowest BCUT2D eigenvalue weighted by Crippen LogP contribution is -2.06. The van der Waals surface area contributed by atoms with E-state index in [9.17, 15) is 0 Å². The van der Waals surface area contributed by atoms with Crippen molar-refractivity contribution in [2.75, 3.05) is 6.61 Å². The van der Waals surface area contributed by atoms with Gasteiger partial charge in [-0.2, -0.15) is 0 Å². The van der Waals surface area contributed by atoms with E-state index in [2.05, 4.69) is 56.8 Å². The van der Waals surface area contributed by atoms with Gasteiger partial charge in [-0.05, 0) is 36.1 Å². The van der Waals surface area contributed by atoms with Gasteiger partial charge >= 0.3 is 0 Å². The van der Waals surface area contributed by atoms with Gasteiger partial charge in [0.25, 0.3) is 0 Å². The van der Waals surface area contributed by atoms with E-state index in [1.54, 1.807) is 6.08 Å². The molecule has 0 saturated heterocycles. The van der Waals surface area contributed by atoms with Crippen molar-refractivity contribution in [2.45, 2.75) is 27.2 Å². The van der Waals surface area contributed by atoms with Crippen LogP contribution in [0.15, 0.2) is 67.3 Å². The smallest absolute Gasteiger partial charge is 0.119 e. The summed E-state index contributed by atoms with van der Waals surface area (Å²) < 4.78 is 5.75. The van der Waals surface area contributed by atoms with Crippen molar-refractivity contribution in [3.63, 3.8) is 0 Å². The molecule has 0 saturated carbocycles. The molecule has 2 rings (SSSR count). The first-order valence-electron chi connectivity index (χ1n) is 7.85. The second kappa shape index (κ2) is 13.3. The van der Waals surface area contributed by atoms with Crippen LogP contribution in [0.3, 0.4) is 0 Å². The molecule has 0 amide bonds. The summed E-state index contributed by atoms with van der Waals surface area (Å²) in [6.45, 7) is 12.4. The second-order valence-corrected chi connectivity index (χ2v) is 5.12. The lowest BCUT2D eigenvalue weighted by molar-refractivity contribution is -0.0979. The first kappa shape index (κ1) is 20.7. The van der Waals surface area contributed by atoms with Crippen LogP contribution in [0.25, 0.3) is 11.1 Å². The van der Waals surface area contributed by atoms with E-state index in [0.29, 0.717) is 5.92 Å². The van der Waals surface area contributed by atoms with Crippen LogP contribution in [0.2, 0.25) is 0 Å². The standard InChI is InChI=1S/C17H20O.C3H6.CH2O/c1-3-14(2)13-18-17-11-9-16(10-12-17)15-7-5-4-6-8-15;1-3-2;1-2/h4-12,14H,3,13H2,1-2H3;3H,1H2,2H3;1H2.